The first kappa shape index (κ1) is 23.0. The Bertz CT molecular complexity index is 962. The molecule has 0 saturated heterocycles. The normalized spacial score (nSPS) is 18.4. The summed E-state index contributed by atoms with van der Waals surface area (Å²) in [6.45, 7) is 2.93. The van der Waals surface area contributed by atoms with E-state index in [1.54, 1.807) is 6.07 Å². The largest absolute Gasteiger partial charge is 0.423 e. The van der Waals surface area contributed by atoms with Crippen LogP contribution in [0.15, 0.2) is 30.3 Å². The van der Waals surface area contributed by atoms with E-state index in [9.17, 15) is 18.0 Å². The monoisotopic (exact) mass is 445 g/mol. The van der Waals surface area contributed by atoms with Crippen molar-refractivity contribution in [2.45, 2.75) is 50.3 Å². The molecule has 1 fully saturated rings. The molecule has 162 valence electrons. The van der Waals surface area contributed by atoms with Gasteiger partial charge < -0.3 is 9.47 Å². The summed E-state index contributed by atoms with van der Waals surface area (Å²) in [5.74, 6) is -4.38. The molecule has 4 nitrogen and oxygen atoms in total. The molecular formula is C23H22F3NO3Si. The molecule has 1 saturated carbocycles. The Kier molecular flexibility index (Phi) is 7.88. The molecule has 0 unspecified atom stereocenters. The highest BCUT2D eigenvalue weighted by Crippen LogP contribution is 2.35. The highest BCUT2D eigenvalue weighted by Gasteiger charge is 2.24. The number of hydrogen-bond acceptors (Lipinski definition) is 4. The first-order valence-electron chi connectivity index (χ1n) is 10.1. The van der Waals surface area contributed by atoms with Crippen LogP contribution in [0.3, 0.4) is 0 Å². The Morgan fingerprint density at radius 1 is 1.10 bits per heavy atom. The van der Waals surface area contributed by atoms with E-state index in [2.05, 4.69) is 6.55 Å². The average molecular weight is 446 g/mol. The second-order valence-electron chi connectivity index (χ2n) is 7.45. The lowest BCUT2D eigenvalue weighted by molar-refractivity contribution is 0.0328. The van der Waals surface area contributed by atoms with Gasteiger partial charge in [0.05, 0.1) is 11.7 Å². The number of nitriles is 1. The smallest absolute Gasteiger partial charge is 0.346 e. The number of halogens is 3. The first-order valence-corrected chi connectivity index (χ1v) is 11.8. The molecule has 2 aromatic carbocycles. The third kappa shape index (κ3) is 5.74. The SMILES string of the molecule is C[Si]CCOC1CCC(c2ccc(C(=O)Oc3cc(F)c(C#N)c(F)c3)c(F)c2)CC1. The Morgan fingerprint density at radius 2 is 1.77 bits per heavy atom. The zero-order valence-electron chi connectivity index (χ0n) is 17.1. The van der Waals surface area contributed by atoms with E-state index in [0.29, 0.717) is 12.1 Å². The third-order valence-corrected chi connectivity index (χ3v) is 6.11. The molecule has 1 aliphatic carbocycles. The molecule has 8 heteroatoms. The van der Waals surface area contributed by atoms with Crippen LogP contribution < -0.4 is 4.74 Å². The maximum atomic E-state index is 14.6. The Balaban J connectivity index is 1.63. The minimum absolute atomic E-state index is 0.189. The van der Waals surface area contributed by atoms with Gasteiger partial charge in [-0.25, -0.2) is 18.0 Å². The van der Waals surface area contributed by atoms with Gasteiger partial charge in [0.15, 0.2) is 0 Å². The molecule has 0 aliphatic heterocycles. The lowest BCUT2D eigenvalue weighted by Gasteiger charge is -2.29. The molecule has 1 aliphatic rings. The van der Waals surface area contributed by atoms with Gasteiger partial charge in [-0.1, -0.05) is 12.6 Å². The number of carbonyl (C=O) groups excluding carboxylic acids is 1. The van der Waals surface area contributed by atoms with E-state index in [0.717, 1.165) is 53.4 Å². The standard InChI is InChI=1S/C23H22F3NO3Si/c1-31-9-8-29-16-5-2-14(3-6-16)15-4-7-18(20(24)10-15)23(28)30-17-11-21(25)19(13-27)22(26)12-17/h4,7,10-12,14,16H,2-3,5-6,8-9H2,1H3. The fourth-order valence-electron chi connectivity index (χ4n) is 3.72. The number of hydrogen-bond donors (Lipinski definition) is 0. The summed E-state index contributed by atoms with van der Waals surface area (Å²) in [6.07, 6.45) is 3.84. The zero-order chi connectivity index (χ0) is 22.4. The average Bonchev–Trinajstić information content (AvgIpc) is 2.74. The van der Waals surface area contributed by atoms with E-state index in [-0.39, 0.29) is 17.6 Å². The quantitative estimate of drug-likeness (QED) is 0.248. The van der Waals surface area contributed by atoms with Crippen molar-refractivity contribution in [3.63, 3.8) is 0 Å². The highest BCUT2D eigenvalue weighted by molar-refractivity contribution is 6.33. The summed E-state index contributed by atoms with van der Waals surface area (Å²) >= 11 is 0. The van der Waals surface area contributed by atoms with Crippen molar-refractivity contribution >= 4 is 15.5 Å². The highest BCUT2D eigenvalue weighted by atomic mass is 28.2. The predicted octanol–water partition coefficient (Wildman–Crippen LogP) is 5.41. The second kappa shape index (κ2) is 10.6. The molecule has 0 atom stereocenters. The predicted molar refractivity (Wildman–Crippen MR) is 110 cm³/mol. The minimum atomic E-state index is -1.16. The van der Waals surface area contributed by atoms with Crippen molar-refractivity contribution in [1.29, 1.82) is 5.26 Å². The summed E-state index contributed by atoms with van der Waals surface area (Å²) < 4.78 is 52.7. The van der Waals surface area contributed by atoms with Gasteiger partial charge in [-0.2, -0.15) is 5.26 Å². The Hall–Kier alpha value is -2.63. The van der Waals surface area contributed by atoms with Crippen LogP contribution in [0.4, 0.5) is 13.2 Å². The molecule has 3 rings (SSSR count). The Morgan fingerprint density at radius 3 is 2.35 bits per heavy atom. The number of rotatable bonds is 7. The first-order chi connectivity index (χ1) is 14.9. The molecular weight excluding hydrogens is 423 g/mol. The third-order valence-electron chi connectivity index (χ3n) is 5.40. The van der Waals surface area contributed by atoms with Gasteiger partial charge in [0, 0.05) is 28.3 Å². The van der Waals surface area contributed by atoms with Crippen molar-refractivity contribution in [3.8, 4) is 11.8 Å². The number of carbonyl (C=O) groups is 1. The molecule has 2 aromatic rings. The summed E-state index contributed by atoms with van der Waals surface area (Å²) in [5, 5.41) is 8.69. The van der Waals surface area contributed by atoms with Crippen molar-refractivity contribution in [2.24, 2.45) is 0 Å². The molecule has 2 radical (unpaired) electrons. The maximum Gasteiger partial charge on any atom is 0.346 e. The van der Waals surface area contributed by atoms with Crippen LogP contribution in [0.25, 0.3) is 0 Å². The van der Waals surface area contributed by atoms with Crippen LogP contribution in [0, 0.1) is 28.8 Å². The summed E-state index contributed by atoms with van der Waals surface area (Å²) in [4.78, 5) is 12.3. The molecule has 0 spiro atoms. The summed E-state index contributed by atoms with van der Waals surface area (Å²) in [5.41, 5.74) is -0.300. The number of esters is 1. The molecule has 0 aromatic heterocycles. The molecule has 0 heterocycles. The van der Waals surface area contributed by atoms with Crippen molar-refractivity contribution in [1.82, 2.24) is 0 Å². The van der Waals surface area contributed by atoms with E-state index < -0.39 is 34.7 Å². The van der Waals surface area contributed by atoms with Gasteiger partial charge in [0.2, 0.25) is 0 Å². The lowest BCUT2D eigenvalue weighted by atomic mass is 9.82. The lowest BCUT2D eigenvalue weighted by Crippen LogP contribution is -2.21. The molecule has 31 heavy (non-hydrogen) atoms. The van der Waals surface area contributed by atoms with E-state index in [1.807, 2.05) is 0 Å². The Labute approximate surface area is 181 Å². The summed E-state index contributed by atoms with van der Waals surface area (Å²) in [7, 11) is 0.880. The minimum Gasteiger partial charge on any atom is -0.423 e. The molecule has 0 bridgehead atoms. The van der Waals surface area contributed by atoms with Crippen LogP contribution in [0.2, 0.25) is 12.6 Å². The summed E-state index contributed by atoms with van der Waals surface area (Å²) in [6, 6.07) is 8.22. The molecule has 0 N–H and O–H groups in total. The van der Waals surface area contributed by atoms with Crippen molar-refractivity contribution in [2.75, 3.05) is 6.61 Å². The van der Waals surface area contributed by atoms with Crippen LogP contribution >= 0.6 is 0 Å². The van der Waals surface area contributed by atoms with Gasteiger partial charge in [-0.05, 0) is 55.3 Å². The number of nitrogens with zero attached hydrogens (tertiary/aromatic N) is 1. The van der Waals surface area contributed by atoms with Gasteiger partial charge in [-0.3, -0.25) is 0 Å². The topological polar surface area (TPSA) is 59.3 Å². The number of benzene rings is 2. The van der Waals surface area contributed by atoms with Gasteiger partial charge in [0.1, 0.15) is 34.8 Å². The van der Waals surface area contributed by atoms with Crippen LogP contribution in [0.5, 0.6) is 5.75 Å². The van der Waals surface area contributed by atoms with Gasteiger partial charge >= 0.3 is 5.97 Å². The fraction of sp³-hybridized carbons (Fsp3) is 0.391. The van der Waals surface area contributed by atoms with Crippen LogP contribution in [0.1, 0.15) is 53.1 Å². The van der Waals surface area contributed by atoms with Crippen LogP contribution in [-0.4, -0.2) is 28.2 Å². The maximum absolute atomic E-state index is 14.6. The van der Waals surface area contributed by atoms with Crippen molar-refractivity contribution < 1.29 is 27.4 Å². The second-order valence-corrected chi connectivity index (χ2v) is 8.66. The van der Waals surface area contributed by atoms with Crippen LogP contribution in [-0.2, 0) is 4.74 Å². The van der Waals surface area contributed by atoms with E-state index >= 15 is 0 Å². The molecule has 0 amide bonds. The van der Waals surface area contributed by atoms with Crippen molar-refractivity contribution in [3.05, 3.63) is 64.5 Å². The zero-order valence-corrected chi connectivity index (χ0v) is 18.1. The van der Waals surface area contributed by atoms with E-state index in [1.165, 1.54) is 18.2 Å². The van der Waals surface area contributed by atoms with Gasteiger partial charge in [-0.15, -0.1) is 0 Å². The number of ether oxygens (including phenoxy) is 2. The fourth-order valence-corrected chi connectivity index (χ4v) is 4.04. The van der Waals surface area contributed by atoms with E-state index in [4.69, 9.17) is 14.7 Å². The van der Waals surface area contributed by atoms with Gasteiger partial charge in [0.25, 0.3) is 0 Å².